The van der Waals surface area contributed by atoms with E-state index in [1.54, 1.807) is 35.9 Å². The van der Waals surface area contributed by atoms with Crippen molar-refractivity contribution in [3.05, 3.63) is 80.5 Å². The van der Waals surface area contributed by atoms with Crippen molar-refractivity contribution in [1.29, 1.82) is 0 Å². The van der Waals surface area contributed by atoms with Crippen LogP contribution in [0.15, 0.2) is 68.3 Å². The van der Waals surface area contributed by atoms with Gasteiger partial charge in [-0.1, -0.05) is 41.4 Å². The zero-order valence-electron chi connectivity index (χ0n) is 14.7. The number of aryl methyl sites for hydroxylation is 1. The van der Waals surface area contributed by atoms with Crippen molar-refractivity contribution in [2.24, 2.45) is 5.10 Å². The van der Waals surface area contributed by atoms with E-state index in [1.807, 2.05) is 31.2 Å². The number of halogens is 1. The van der Waals surface area contributed by atoms with E-state index >= 15 is 0 Å². The monoisotopic (exact) mass is 412 g/mol. The van der Waals surface area contributed by atoms with E-state index in [9.17, 15) is 4.79 Å². The molecule has 140 valence electrons. The van der Waals surface area contributed by atoms with E-state index in [-0.39, 0.29) is 5.69 Å². The van der Waals surface area contributed by atoms with Gasteiger partial charge in [0.1, 0.15) is 0 Å². The summed E-state index contributed by atoms with van der Waals surface area (Å²) in [5, 5.41) is 9.70. The third-order valence-electron chi connectivity index (χ3n) is 3.93. The number of aromatic amines is 1. The Kier molecular flexibility index (Phi) is 5.05. The molecule has 0 unspecified atom stereocenters. The second-order valence-corrected chi connectivity index (χ2v) is 7.25. The van der Waals surface area contributed by atoms with Crippen LogP contribution in [0.1, 0.15) is 11.1 Å². The molecule has 2 aromatic carbocycles. The highest BCUT2D eigenvalue weighted by molar-refractivity contribution is 7.14. The van der Waals surface area contributed by atoms with E-state index in [1.165, 1.54) is 21.6 Å². The fraction of sp³-hybridized carbons (Fsp3) is 0.0526. The zero-order chi connectivity index (χ0) is 19.5. The van der Waals surface area contributed by atoms with Gasteiger partial charge >= 0.3 is 11.3 Å². The van der Waals surface area contributed by atoms with Crippen LogP contribution in [-0.4, -0.2) is 16.5 Å². The van der Waals surface area contributed by atoms with Gasteiger partial charge in [0.15, 0.2) is 5.69 Å². The lowest BCUT2D eigenvalue weighted by atomic mass is 10.2. The van der Waals surface area contributed by atoms with Crippen LogP contribution in [-0.2, 0) is 0 Å². The summed E-state index contributed by atoms with van der Waals surface area (Å²) >= 11 is 7.26. The number of aromatic nitrogens is 3. The molecule has 0 amide bonds. The summed E-state index contributed by atoms with van der Waals surface area (Å²) in [7, 11) is 0. The van der Waals surface area contributed by atoms with Crippen molar-refractivity contribution in [2.45, 2.75) is 6.92 Å². The maximum absolute atomic E-state index is 12.2. The Bertz CT molecular complexity index is 1180. The number of hydrazone groups is 1. The Labute approximate surface area is 168 Å². The molecule has 0 spiro atoms. The molecule has 0 aliphatic heterocycles. The van der Waals surface area contributed by atoms with Crippen molar-refractivity contribution >= 4 is 34.3 Å². The second kappa shape index (κ2) is 7.79. The van der Waals surface area contributed by atoms with Gasteiger partial charge in [-0.15, -0.1) is 11.3 Å². The highest BCUT2D eigenvalue weighted by atomic mass is 35.5. The first-order valence-corrected chi connectivity index (χ1v) is 9.57. The minimum atomic E-state index is -0.519. The molecular weight excluding hydrogens is 398 g/mol. The lowest BCUT2D eigenvalue weighted by molar-refractivity contribution is -0.660. The molecule has 4 aromatic rings. The van der Waals surface area contributed by atoms with Crippen molar-refractivity contribution in [3.8, 4) is 17.1 Å². The minimum absolute atomic E-state index is 0.286. The van der Waals surface area contributed by atoms with Crippen LogP contribution in [0, 0.1) is 6.92 Å². The molecular formula is C19H15ClN5O2S+. The van der Waals surface area contributed by atoms with Crippen LogP contribution < -0.4 is 15.7 Å². The summed E-state index contributed by atoms with van der Waals surface area (Å²) < 4.78 is 6.48. The number of benzene rings is 2. The molecule has 0 fully saturated rings. The number of nitrogens with zero attached hydrogens (tertiary/aromatic N) is 3. The van der Waals surface area contributed by atoms with E-state index < -0.39 is 5.63 Å². The van der Waals surface area contributed by atoms with Crippen molar-refractivity contribution in [1.82, 2.24) is 10.3 Å². The average molecular weight is 413 g/mol. The summed E-state index contributed by atoms with van der Waals surface area (Å²) in [5.41, 5.74) is 5.99. The third-order valence-corrected chi connectivity index (χ3v) is 4.93. The number of anilines is 1. The van der Waals surface area contributed by atoms with Crippen LogP contribution in [0.25, 0.3) is 17.1 Å². The normalized spacial score (nSPS) is 11.2. The van der Waals surface area contributed by atoms with Gasteiger partial charge in [0, 0.05) is 22.5 Å². The first-order chi connectivity index (χ1) is 13.6. The predicted molar refractivity (Wildman–Crippen MR) is 109 cm³/mol. The number of H-pyrrole nitrogens is 1. The smallest absolute Gasteiger partial charge is 0.282 e. The van der Waals surface area contributed by atoms with Gasteiger partial charge in [-0.3, -0.25) is 9.95 Å². The zero-order valence-corrected chi connectivity index (χ0v) is 16.3. The van der Waals surface area contributed by atoms with Gasteiger partial charge in [-0.25, -0.2) is 9.78 Å². The van der Waals surface area contributed by atoms with E-state index in [4.69, 9.17) is 16.1 Å². The van der Waals surface area contributed by atoms with E-state index in [0.717, 1.165) is 5.56 Å². The molecule has 0 saturated heterocycles. The highest BCUT2D eigenvalue weighted by Gasteiger charge is 2.27. The Morgan fingerprint density at radius 2 is 1.96 bits per heavy atom. The molecule has 4 rings (SSSR count). The van der Waals surface area contributed by atoms with Crippen LogP contribution in [0.4, 0.5) is 5.13 Å². The highest BCUT2D eigenvalue weighted by Crippen LogP contribution is 2.21. The van der Waals surface area contributed by atoms with Crippen LogP contribution in [0.3, 0.4) is 0 Å². The number of rotatable bonds is 5. The fourth-order valence-electron chi connectivity index (χ4n) is 2.51. The summed E-state index contributed by atoms with van der Waals surface area (Å²) in [6.45, 7) is 2.03. The largest absolute Gasteiger partial charge is 0.437 e. The predicted octanol–water partition coefficient (Wildman–Crippen LogP) is 3.78. The molecule has 0 saturated carbocycles. The molecule has 2 heterocycles. The molecule has 28 heavy (non-hydrogen) atoms. The van der Waals surface area contributed by atoms with Crippen LogP contribution in [0.5, 0.6) is 0 Å². The van der Waals surface area contributed by atoms with Gasteiger partial charge in [-0.05, 0) is 34.6 Å². The Hall–Kier alpha value is -3.23. The van der Waals surface area contributed by atoms with E-state index in [0.29, 0.717) is 21.5 Å². The lowest BCUT2D eigenvalue weighted by Gasteiger charge is -1.95. The van der Waals surface area contributed by atoms with Crippen molar-refractivity contribution in [2.75, 3.05) is 5.43 Å². The number of hydrogen-bond donors (Lipinski definition) is 2. The quantitative estimate of drug-likeness (QED) is 0.296. The third kappa shape index (κ3) is 3.88. The SMILES string of the molecule is Cc1ccc(/C=N/Nc2nc(-c3c(=O)o[nH][n+]3-c3ccc(Cl)cc3)cs2)cc1. The lowest BCUT2D eigenvalue weighted by Crippen LogP contribution is -2.36. The fourth-order valence-corrected chi connectivity index (χ4v) is 3.28. The summed E-state index contributed by atoms with van der Waals surface area (Å²) in [6.07, 6.45) is 1.71. The molecule has 0 aliphatic carbocycles. The number of thiazole rings is 1. The van der Waals surface area contributed by atoms with Gasteiger partial charge in [0.05, 0.1) is 6.21 Å². The Morgan fingerprint density at radius 3 is 2.71 bits per heavy atom. The van der Waals surface area contributed by atoms with E-state index in [2.05, 4.69) is 20.8 Å². The van der Waals surface area contributed by atoms with Crippen LogP contribution >= 0.6 is 22.9 Å². The topological polar surface area (TPSA) is 87.2 Å². The Morgan fingerprint density at radius 1 is 1.21 bits per heavy atom. The van der Waals surface area contributed by atoms with Crippen LogP contribution in [0.2, 0.25) is 5.02 Å². The van der Waals surface area contributed by atoms with Gasteiger partial charge in [0.25, 0.3) is 0 Å². The molecule has 0 bridgehead atoms. The van der Waals surface area contributed by atoms with Gasteiger partial charge in [0.2, 0.25) is 10.8 Å². The first kappa shape index (κ1) is 18.1. The maximum Gasteiger partial charge on any atom is 0.437 e. The number of hydrogen-bond acceptors (Lipinski definition) is 6. The molecule has 2 N–H and O–H groups in total. The van der Waals surface area contributed by atoms with Crippen molar-refractivity contribution in [3.63, 3.8) is 0 Å². The standard InChI is InChI=1S/C19H14ClN5O2S/c1-12-2-4-13(5-3-12)10-21-23-19-22-16(11-28-19)17-18(26)27-24-25(17)15-8-6-14(20)7-9-15/h2-11H,1H3,(H-,22,23,24,26)/p+1/b21-10+. The van der Waals surface area contributed by atoms with Crippen molar-refractivity contribution < 1.29 is 9.20 Å². The summed E-state index contributed by atoms with van der Waals surface area (Å²) in [4.78, 5) is 16.6. The molecule has 0 radical (unpaired) electrons. The molecule has 0 atom stereocenters. The Balaban J connectivity index is 1.56. The molecule has 0 aliphatic rings. The summed E-state index contributed by atoms with van der Waals surface area (Å²) in [5.74, 6) is 0. The number of nitrogens with one attached hydrogen (secondary N) is 2. The average Bonchev–Trinajstić information content (AvgIpc) is 3.30. The molecule has 9 heteroatoms. The first-order valence-electron chi connectivity index (χ1n) is 8.31. The molecule has 2 aromatic heterocycles. The van der Waals surface area contributed by atoms with Gasteiger partial charge in [-0.2, -0.15) is 5.10 Å². The minimum Gasteiger partial charge on any atom is -0.282 e. The molecule has 7 nitrogen and oxygen atoms in total. The van der Waals surface area contributed by atoms with Gasteiger partial charge < -0.3 is 0 Å². The summed E-state index contributed by atoms with van der Waals surface area (Å²) in [6, 6.07) is 15.0. The second-order valence-electron chi connectivity index (χ2n) is 5.96. The maximum atomic E-state index is 12.2.